The van der Waals surface area contributed by atoms with E-state index in [1.165, 1.54) is 49.4 Å². The molecule has 0 bridgehead atoms. The van der Waals surface area contributed by atoms with E-state index in [1.54, 1.807) is 6.07 Å². The minimum absolute atomic E-state index is 0.00313. The minimum Gasteiger partial charge on any atom is -0.490 e. The summed E-state index contributed by atoms with van der Waals surface area (Å²) in [6, 6.07) is 11.3. The Bertz CT molecular complexity index is 1010. The lowest BCUT2D eigenvalue weighted by molar-refractivity contribution is 0.0446. The first-order valence-electron chi connectivity index (χ1n) is 7.89. The van der Waals surface area contributed by atoms with Gasteiger partial charge in [-0.05, 0) is 36.4 Å². The van der Waals surface area contributed by atoms with Crippen molar-refractivity contribution >= 4 is 25.8 Å². The molecule has 8 nitrogen and oxygen atoms in total. The average molecular weight is 413 g/mol. The molecule has 27 heavy (non-hydrogen) atoms. The van der Waals surface area contributed by atoms with Crippen molar-refractivity contribution in [2.45, 2.75) is 16.7 Å². The second kappa shape index (κ2) is 8.51. The molecule has 2 rings (SSSR count). The maximum Gasteiger partial charge on any atom is 0.339 e. The molecule has 0 unspecified atom stereocenters. The van der Waals surface area contributed by atoms with E-state index >= 15 is 0 Å². The molecule has 0 aromatic heterocycles. The predicted molar refractivity (Wildman–Crippen MR) is 97.8 cm³/mol. The highest BCUT2D eigenvalue weighted by Gasteiger charge is 2.21. The molecule has 0 radical (unpaired) electrons. The Morgan fingerprint density at radius 3 is 2.19 bits per heavy atom. The molecule has 0 saturated carbocycles. The summed E-state index contributed by atoms with van der Waals surface area (Å²) < 4.78 is 56.9. The van der Waals surface area contributed by atoms with E-state index in [0.717, 1.165) is 0 Å². The molecule has 0 saturated heterocycles. The number of hydrogen-bond acceptors (Lipinski definition) is 7. The quantitative estimate of drug-likeness (QED) is 0.511. The number of sulfonamides is 1. The molecule has 0 atom stereocenters. The predicted octanol–water partition coefficient (Wildman–Crippen LogP) is 1.36. The Morgan fingerprint density at radius 1 is 0.963 bits per heavy atom. The van der Waals surface area contributed by atoms with Crippen LogP contribution < -0.4 is 9.88 Å². The average Bonchev–Trinajstić information content (AvgIpc) is 2.64. The number of rotatable bonds is 8. The Labute approximate surface area is 157 Å². The number of carbonyl (C=O) groups is 1. The SMILES string of the molecule is CCS(=O)(=O)c1ccccc1C(=O)OCCOc1ccc(S(N)(=O)=O)cc1. The van der Waals surface area contributed by atoms with Gasteiger partial charge in [0.1, 0.15) is 19.0 Å². The molecule has 2 aromatic carbocycles. The van der Waals surface area contributed by atoms with Crippen LogP contribution in [0.15, 0.2) is 58.3 Å². The fourth-order valence-corrected chi connectivity index (χ4v) is 3.76. The van der Waals surface area contributed by atoms with Crippen molar-refractivity contribution in [3.8, 4) is 5.75 Å². The summed E-state index contributed by atoms with van der Waals surface area (Å²) in [5.74, 6) is -0.530. The highest BCUT2D eigenvalue weighted by Crippen LogP contribution is 2.18. The number of benzene rings is 2. The molecular weight excluding hydrogens is 394 g/mol. The lowest BCUT2D eigenvalue weighted by Crippen LogP contribution is -2.16. The zero-order chi connectivity index (χ0) is 20.1. The van der Waals surface area contributed by atoms with Crippen LogP contribution in [0, 0.1) is 0 Å². The summed E-state index contributed by atoms with van der Waals surface area (Å²) in [4.78, 5) is 12.1. The summed E-state index contributed by atoms with van der Waals surface area (Å²) in [6.45, 7) is 1.38. The van der Waals surface area contributed by atoms with E-state index < -0.39 is 25.8 Å². The Hall–Kier alpha value is -2.43. The number of primary sulfonamides is 1. The number of ether oxygens (including phenoxy) is 2. The summed E-state index contributed by atoms with van der Waals surface area (Å²) in [5, 5.41) is 5.00. The lowest BCUT2D eigenvalue weighted by atomic mass is 10.2. The fourth-order valence-electron chi connectivity index (χ4n) is 2.16. The van der Waals surface area contributed by atoms with Gasteiger partial charge in [-0.15, -0.1) is 0 Å². The fraction of sp³-hybridized carbons (Fsp3) is 0.235. The van der Waals surface area contributed by atoms with Gasteiger partial charge in [0.15, 0.2) is 9.84 Å². The molecule has 0 heterocycles. The van der Waals surface area contributed by atoms with E-state index in [-0.39, 0.29) is 34.3 Å². The topological polar surface area (TPSA) is 130 Å². The largest absolute Gasteiger partial charge is 0.490 e. The number of nitrogens with two attached hydrogens (primary N) is 1. The van der Waals surface area contributed by atoms with Crippen LogP contribution in [0.4, 0.5) is 0 Å². The van der Waals surface area contributed by atoms with E-state index in [4.69, 9.17) is 14.6 Å². The summed E-state index contributed by atoms with van der Waals surface area (Å²) in [7, 11) is -7.33. The third kappa shape index (κ3) is 5.52. The zero-order valence-corrected chi connectivity index (χ0v) is 16.1. The van der Waals surface area contributed by atoms with Gasteiger partial charge in [0, 0.05) is 0 Å². The van der Waals surface area contributed by atoms with Crippen LogP contribution in [0.25, 0.3) is 0 Å². The van der Waals surface area contributed by atoms with Crippen LogP contribution in [0.1, 0.15) is 17.3 Å². The Balaban J connectivity index is 1.94. The number of carbonyl (C=O) groups excluding carboxylic acids is 1. The smallest absolute Gasteiger partial charge is 0.339 e. The van der Waals surface area contributed by atoms with E-state index in [1.807, 2.05) is 0 Å². The normalized spacial score (nSPS) is 11.8. The van der Waals surface area contributed by atoms with E-state index in [0.29, 0.717) is 5.75 Å². The Kier molecular flexibility index (Phi) is 6.58. The first kappa shape index (κ1) is 20.9. The summed E-state index contributed by atoms with van der Waals surface area (Å²) in [5.41, 5.74) is -0.0307. The number of esters is 1. The van der Waals surface area contributed by atoms with Gasteiger partial charge in [-0.3, -0.25) is 0 Å². The standard InChI is InChI=1S/C17H19NO7S2/c1-2-26(20,21)16-6-4-3-5-15(16)17(19)25-12-11-24-13-7-9-14(10-8-13)27(18,22)23/h3-10H,2,11-12H2,1H3,(H2,18,22,23). The monoisotopic (exact) mass is 413 g/mol. The molecular formula is C17H19NO7S2. The second-order valence-corrected chi connectivity index (χ2v) is 9.21. The van der Waals surface area contributed by atoms with Crippen LogP contribution in [-0.4, -0.2) is 41.8 Å². The van der Waals surface area contributed by atoms with Crippen LogP contribution in [-0.2, 0) is 24.6 Å². The molecule has 146 valence electrons. The van der Waals surface area contributed by atoms with Crippen molar-refractivity contribution in [1.29, 1.82) is 0 Å². The number of hydrogen-bond donors (Lipinski definition) is 1. The second-order valence-electron chi connectivity index (χ2n) is 5.40. The molecule has 0 spiro atoms. The highest BCUT2D eigenvalue weighted by molar-refractivity contribution is 7.91. The van der Waals surface area contributed by atoms with E-state index in [2.05, 4.69) is 0 Å². The Morgan fingerprint density at radius 2 is 1.59 bits per heavy atom. The first-order valence-corrected chi connectivity index (χ1v) is 11.1. The third-order valence-corrected chi connectivity index (χ3v) is 6.27. The van der Waals surface area contributed by atoms with Gasteiger partial charge in [-0.1, -0.05) is 19.1 Å². The third-order valence-electron chi connectivity index (χ3n) is 3.56. The van der Waals surface area contributed by atoms with Gasteiger partial charge in [0.2, 0.25) is 10.0 Å². The van der Waals surface area contributed by atoms with Crippen LogP contribution in [0.5, 0.6) is 5.75 Å². The molecule has 0 aliphatic heterocycles. The van der Waals surface area contributed by atoms with Gasteiger partial charge in [-0.25, -0.2) is 26.8 Å². The van der Waals surface area contributed by atoms with Gasteiger partial charge in [0.25, 0.3) is 0 Å². The van der Waals surface area contributed by atoms with Crippen molar-refractivity contribution in [1.82, 2.24) is 0 Å². The number of sulfone groups is 1. The molecule has 2 aromatic rings. The van der Waals surface area contributed by atoms with Gasteiger partial charge >= 0.3 is 5.97 Å². The van der Waals surface area contributed by atoms with E-state index in [9.17, 15) is 21.6 Å². The first-order chi connectivity index (χ1) is 12.6. The molecule has 10 heteroatoms. The molecule has 2 N–H and O–H groups in total. The molecule has 0 fully saturated rings. The van der Waals surface area contributed by atoms with Crippen molar-refractivity contribution in [3.63, 3.8) is 0 Å². The maximum atomic E-state index is 12.2. The summed E-state index contributed by atoms with van der Waals surface area (Å²) >= 11 is 0. The lowest BCUT2D eigenvalue weighted by Gasteiger charge is -2.10. The van der Waals surface area contributed by atoms with Crippen LogP contribution >= 0.6 is 0 Å². The van der Waals surface area contributed by atoms with Crippen LogP contribution in [0.3, 0.4) is 0 Å². The molecule has 0 amide bonds. The van der Waals surface area contributed by atoms with Crippen molar-refractivity contribution in [2.75, 3.05) is 19.0 Å². The highest BCUT2D eigenvalue weighted by atomic mass is 32.2. The van der Waals surface area contributed by atoms with Crippen molar-refractivity contribution in [2.24, 2.45) is 5.14 Å². The summed E-state index contributed by atoms with van der Waals surface area (Å²) in [6.07, 6.45) is 0. The maximum absolute atomic E-state index is 12.2. The molecule has 0 aliphatic rings. The minimum atomic E-state index is -3.78. The van der Waals surface area contributed by atoms with Gasteiger partial charge < -0.3 is 9.47 Å². The van der Waals surface area contributed by atoms with Crippen molar-refractivity contribution < 1.29 is 31.1 Å². The van der Waals surface area contributed by atoms with Gasteiger partial charge in [0.05, 0.1) is 21.1 Å². The van der Waals surface area contributed by atoms with Crippen LogP contribution in [0.2, 0.25) is 0 Å². The zero-order valence-electron chi connectivity index (χ0n) is 14.5. The molecule has 0 aliphatic carbocycles. The van der Waals surface area contributed by atoms with Gasteiger partial charge in [-0.2, -0.15) is 0 Å². The van der Waals surface area contributed by atoms with Crippen molar-refractivity contribution in [3.05, 3.63) is 54.1 Å².